The second kappa shape index (κ2) is 8.53. The smallest absolute Gasteiger partial charge is 0.260 e. The second-order valence-electron chi connectivity index (χ2n) is 5.86. The number of ether oxygens (including phenoxy) is 1. The molecule has 2 N–H and O–H groups in total. The SMILES string of the molecule is CC1CCN(C(=O)COc2ccc(C(=O)NCCO)cc2)CC1. The van der Waals surface area contributed by atoms with Gasteiger partial charge < -0.3 is 20.1 Å². The van der Waals surface area contributed by atoms with Crippen molar-refractivity contribution in [1.82, 2.24) is 10.2 Å². The van der Waals surface area contributed by atoms with E-state index in [1.807, 2.05) is 4.90 Å². The molecular formula is C17H24N2O4. The third-order valence-electron chi connectivity index (χ3n) is 4.01. The van der Waals surface area contributed by atoms with Gasteiger partial charge in [0.25, 0.3) is 11.8 Å². The minimum Gasteiger partial charge on any atom is -0.484 e. The van der Waals surface area contributed by atoms with Crippen LogP contribution in [0.3, 0.4) is 0 Å². The first-order valence-corrected chi connectivity index (χ1v) is 8.00. The predicted octanol–water partition coefficient (Wildman–Crippen LogP) is 1.05. The highest BCUT2D eigenvalue weighted by Crippen LogP contribution is 2.17. The van der Waals surface area contributed by atoms with Crippen molar-refractivity contribution in [3.05, 3.63) is 29.8 Å². The lowest BCUT2D eigenvalue weighted by Gasteiger charge is -2.30. The lowest BCUT2D eigenvalue weighted by Crippen LogP contribution is -2.40. The molecule has 0 aliphatic carbocycles. The van der Waals surface area contributed by atoms with Gasteiger partial charge in [-0.1, -0.05) is 6.92 Å². The van der Waals surface area contributed by atoms with Gasteiger partial charge >= 0.3 is 0 Å². The van der Waals surface area contributed by atoms with Gasteiger partial charge in [-0.2, -0.15) is 0 Å². The number of hydrogen-bond acceptors (Lipinski definition) is 4. The van der Waals surface area contributed by atoms with E-state index in [0.29, 0.717) is 17.2 Å². The van der Waals surface area contributed by atoms with E-state index in [0.717, 1.165) is 25.9 Å². The highest BCUT2D eigenvalue weighted by atomic mass is 16.5. The summed E-state index contributed by atoms with van der Waals surface area (Å²) in [6.07, 6.45) is 2.09. The van der Waals surface area contributed by atoms with E-state index in [-0.39, 0.29) is 31.6 Å². The van der Waals surface area contributed by atoms with Gasteiger partial charge in [-0.3, -0.25) is 9.59 Å². The average Bonchev–Trinajstić information content (AvgIpc) is 2.58. The fraction of sp³-hybridized carbons (Fsp3) is 0.529. The van der Waals surface area contributed by atoms with Crippen molar-refractivity contribution >= 4 is 11.8 Å². The van der Waals surface area contributed by atoms with Crippen molar-refractivity contribution in [2.75, 3.05) is 32.8 Å². The minimum atomic E-state index is -0.246. The zero-order valence-electron chi connectivity index (χ0n) is 13.5. The molecule has 1 saturated heterocycles. The molecule has 6 heteroatoms. The van der Waals surface area contributed by atoms with Crippen LogP contribution in [-0.4, -0.2) is 54.7 Å². The molecule has 1 fully saturated rings. The fourth-order valence-electron chi connectivity index (χ4n) is 2.47. The van der Waals surface area contributed by atoms with E-state index in [1.54, 1.807) is 24.3 Å². The molecule has 1 heterocycles. The molecule has 126 valence electrons. The monoisotopic (exact) mass is 320 g/mol. The van der Waals surface area contributed by atoms with E-state index >= 15 is 0 Å². The predicted molar refractivity (Wildman–Crippen MR) is 86.3 cm³/mol. The molecule has 0 aromatic heterocycles. The van der Waals surface area contributed by atoms with Crippen molar-refractivity contribution < 1.29 is 19.4 Å². The summed E-state index contributed by atoms with van der Waals surface area (Å²) in [5, 5.41) is 11.3. The molecule has 6 nitrogen and oxygen atoms in total. The molecule has 1 aliphatic rings. The van der Waals surface area contributed by atoms with Crippen LogP contribution in [0, 0.1) is 5.92 Å². The molecule has 0 atom stereocenters. The van der Waals surface area contributed by atoms with Crippen LogP contribution < -0.4 is 10.1 Å². The van der Waals surface area contributed by atoms with Gasteiger partial charge in [0.1, 0.15) is 5.75 Å². The Kier molecular flexibility index (Phi) is 6.40. The van der Waals surface area contributed by atoms with Gasteiger partial charge in [-0.25, -0.2) is 0 Å². The third-order valence-corrected chi connectivity index (χ3v) is 4.01. The van der Waals surface area contributed by atoms with Gasteiger partial charge in [-0.15, -0.1) is 0 Å². The molecule has 1 aromatic carbocycles. The quantitative estimate of drug-likeness (QED) is 0.821. The summed E-state index contributed by atoms with van der Waals surface area (Å²) >= 11 is 0. The van der Waals surface area contributed by atoms with Gasteiger partial charge in [0.05, 0.1) is 6.61 Å². The molecule has 1 aliphatic heterocycles. The van der Waals surface area contributed by atoms with Gasteiger partial charge in [0.15, 0.2) is 6.61 Å². The molecule has 0 saturated carbocycles. The number of piperidine rings is 1. The maximum atomic E-state index is 12.1. The van der Waals surface area contributed by atoms with Crippen molar-refractivity contribution in [3.63, 3.8) is 0 Å². The number of amides is 2. The molecule has 1 aromatic rings. The topological polar surface area (TPSA) is 78.9 Å². The summed E-state index contributed by atoms with van der Waals surface area (Å²) in [4.78, 5) is 25.6. The van der Waals surface area contributed by atoms with Crippen LogP contribution in [0.4, 0.5) is 0 Å². The highest BCUT2D eigenvalue weighted by Gasteiger charge is 2.20. The Hall–Kier alpha value is -2.08. The van der Waals surface area contributed by atoms with Crippen LogP contribution in [0.5, 0.6) is 5.75 Å². The maximum absolute atomic E-state index is 12.1. The number of nitrogens with one attached hydrogen (secondary N) is 1. The number of rotatable bonds is 6. The first kappa shape index (κ1) is 17.3. The number of aliphatic hydroxyl groups is 1. The van der Waals surface area contributed by atoms with Crippen LogP contribution in [0.1, 0.15) is 30.1 Å². The zero-order chi connectivity index (χ0) is 16.7. The molecule has 0 radical (unpaired) electrons. The van der Waals surface area contributed by atoms with E-state index in [2.05, 4.69) is 12.2 Å². The molecule has 0 spiro atoms. The third kappa shape index (κ3) is 5.25. The second-order valence-corrected chi connectivity index (χ2v) is 5.86. The van der Waals surface area contributed by atoms with E-state index < -0.39 is 0 Å². The maximum Gasteiger partial charge on any atom is 0.260 e. The van der Waals surface area contributed by atoms with Crippen molar-refractivity contribution in [2.45, 2.75) is 19.8 Å². The van der Waals surface area contributed by atoms with Gasteiger partial charge in [0.2, 0.25) is 0 Å². The number of benzene rings is 1. The van der Waals surface area contributed by atoms with Crippen LogP contribution in [0.25, 0.3) is 0 Å². The number of carbonyl (C=O) groups excluding carboxylic acids is 2. The van der Waals surface area contributed by atoms with Gasteiger partial charge in [-0.05, 0) is 43.0 Å². The Labute approximate surface area is 136 Å². The van der Waals surface area contributed by atoms with Crippen molar-refractivity contribution in [3.8, 4) is 5.75 Å². The zero-order valence-corrected chi connectivity index (χ0v) is 13.5. The van der Waals surface area contributed by atoms with Crippen molar-refractivity contribution in [2.24, 2.45) is 5.92 Å². The summed E-state index contributed by atoms with van der Waals surface area (Å²) in [7, 11) is 0. The van der Waals surface area contributed by atoms with Gasteiger partial charge in [0, 0.05) is 25.2 Å². The largest absolute Gasteiger partial charge is 0.484 e. The molecule has 0 unspecified atom stereocenters. The summed E-state index contributed by atoms with van der Waals surface area (Å²) in [6.45, 7) is 3.95. The Balaban J connectivity index is 1.79. The first-order chi connectivity index (χ1) is 11.1. The van der Waals surface area contributed by atoms with Crippen LogP contribution in [0.15, 0.2) is 24.3 Å². The Morgan fingerprint density at radius 1 is 1.26 bits per heavy atom. The first-order valence-electron chi connectivity index (χ1n) is 8.00. The normalized spacial score (nSPS) is 15.3. The van der Waals surface area contributed by atoms with Crippen molar-refractivity contribution in [1.29, 1.82) is 0 Å². The minimum absolute atomic E-state index is 0.00154. The average molecular weight is 320 g/mol. The van der Waals surface area contributed by atoms with E-state index in [1.165, 1.54) is 0 Å². The lowest BCUT2D eigenvalue weighted by molar-refractivity contribution is -0.134. The number of aliphatic hydroxyl groups excluding tert-OH is 1. The van der Waals surface area contributed by atoms with E-state index in [9.17, 15) is 9.59 Å². The molecular weight excluding hydrogens is 296 g/mol. The highest BCUT2D eigenvalue weighted by molar-refractivity contribution is 5.94. The Bertz CT molecular complexity index is 522. The number of carbonyl (C=O) groups is 2. The van der Waals surface area contributed by atoms with Crippen LogP contribution in [-0.2, 0) is 4.79 Å². The fourth-order valence-corrected chi connectivity index (χ4v) is 2.47. The summed E-state index contributed by atoms with van der Waals surface area (Å²) in [6, 6.07) is 6.60. The molecule has 2 amide bonds. The summed E-state index contributed by atoms with van der Waals surface area (Å²) in [5.74, 6) is 0.998. The molecule has 2 rings (SSSR count). The van der Waals surface area contributed by atoms with Crippen LogP contribution in [0.2, 0.25) is 0 Å². The van der Waals surface area contributed by atoms with E-state index in [4.69, 9.17) is 9.84 Å². The number of hydrogen-bond donors (Lipinski definition) is 2. The summed E-state index contributed by atoms with van der Waals surface area (Å²) in [5.41, 5.74) is 0.488. The lowest BCUT2D eigenvalue weighted by atomic mass is 9.99. The standard InChI is InChI=1S/C17H24N2O4/c1-13-6-9-19(10-7-13)16(21)12-23-15-4-2-14(3-5-15)17(22)18-8-11-20/h2-5,13,20H,6-12H2,1H3,(H,18,22). The summed E-state index contributed by atoms with van der Waals surface area (Å²) < 4.78 is 5.50. The van der Waals surface area contributed by atoms with Crippen LogP contribution >= 0.6 is 0 Å². The molecule has 0 bridgehead atoms. The number of nitrogens with zero attached hydrogens (tertiary/aromatic N) is 1. The number of likely N-dealkylation sites (tertiary alicyclic amines) is 1. The Morgan fingerprint density at radius 2 is 1.91 bits per heavy atom. The molecule has 23 heavy (non-hydrogen) atoms. The Morgan fingerprint density at radius 3 is 2.52 bits per heavy atom.